The molecule has 4 aliphatic rings. The molecule has 3 fully saturated rings. The molecule has 0 saturated heterocycles. The SMILES string of the molecule is CC1CC2C3CC=C4CCCCC4(C)C3CCC2(C)C1N. The molecule has 0 heterocycles. The summed E-state index contributed by atoms with van der Waals surface area (Å²) in [6.45, 7) is 7.52. The Morgan fingerprint density at radius 1 is 1.14 bits per heavy atom. The van der Waals surface area contributed by atoms with Crippen molar-refractivity contribution < 1.29 is 0 Å². The maximum atomic E-state index is 6.64. The Labute approximate surface area is 130 Å². The third kappa shape index (κ3) is 1.79. The van der Waals surface area contributed by atoms with Gasteiger partial charge in [0.2, 0.25) is 0 Å². The molecule has 21 heavy (non-hydrogen) atoms. The van der Waals surface area contributed by atoms with Crippen LogP contribution in [0.2, 0.25) is 0 Å². The van der Waals surface area contributed by atoms with Gasteiger partial charge in [0.25, 0.3) is 0 Å². The summed E-state index contributed by atoms with van der Waals surface area (Å²) >= 11 is 0. The van der Waals surface area contributed by atoms with Crippen molar-refractivity contribution >= 4 is 0 Å². The molecule has 0 aromatic heterocycles. The van der Waals surface area contributed by atoms with Crippen molar-refractivity contribution in [2.75, 3.05) is 0 Å². The Balaban J connectivity index is 1.70. The fraction of sp³-hybridized carbons (Fsp3) is 0.900. The Kier molecular flexibility index (Phi) is 3.13. The molecule has 0 aliphatic heterocycles. The van der Waals surface area contributed by atoms with Gasteiger partial charge in [-0.25, -0.2) is 0 Å². The van der Waals surface area contributed by atoms with Crippen LogP contribution < -0.4 is 5.73 Å². The molecule has 7 atom stereocenters. The summed E-state index contributed by atoms with van der Waals surface area (Å²) in [5.41, 5.74) is 9.43. The minimum atomic E-state index is 0.428. The Morgan fingerprint density at radius 2 is 1.95 bits per heavy atom. The van der Waals surface area contributed by atoms with Crippen molar-refractivity contribution in [3.8, 4) is 0 Å². The van der Waals surface area contributed by atoms with Gasteiger partial charge in [-0.2, -0.15) is 0 Å². The fourth-order valence-electron chi connectivity index (χ4n) is 7.10. The van der Waals surface area contributed by atoms with E-state index in [1.165, 1.54) is 51.4 Å². The highest BCUT2D eigenvalue weighted by Crippen LogP contribution is 2.65. The maximum absolute atomic E-state index is 6.64. The van der Waals surface area contributed by atoms with Crippen molar-refractivity contribution in [3.63, 3.8) is 0 Å². The number of hydrogen-bond donors (Lipinski definition) is 1. The van der Waals surface area contributed by atoms with Crippen LogP contribution in [0.15, 0.2) is 11.6 Å². The van der Waals surface area contributed by atoms with E-state index in [9.17, 15) is 0 Å². The second-order valence-electron chi connectivity index (χ2n) is 9.25. The van der Waals surface area contributed by atoms with Crippen LogP contribution >= 0.6 is 0 Å². The van der Waals surface area contributed by atoms with Crippen LogP contribution in [0, 0.1) is 34.5 Å². The maximum Gasteiger partial charge on any atom is 0.0122 e. The third-order valence-corrected chi connectivity index (χ3v) is 8.46. The van der Waals surface area contributed by atoms with Gasteiger partial charge in [0.05, 0.1) is 0 Å². The quantitative estimate of drug-likeness (QED) is 0.629. The molecule has 2 N–H and O–H groups in total. The second kappa shape index (κ2) is 4.60. The van der Waals surface area contributed by atoms with Crippen LogP contribution in [-0.2, 0) is 0 Å². The molecule has 1 nitrogen and oxygen atoms in total. The molecule has 1 heteroatoms. The summed E-state index contributed by atoms with van der Waals surface area (Å²) in [6.07, 6.45) is 14.0. The summed E-state index contributed by atoms with van der Waals surface area (Å²) in [7, 11) is 0. The van der Waals surface area contributed by atoms with E-state index in [-0.39, 0.29) is 0 Å². The smallest absolute Gasteiger partial charge is 0.0122 e. The van der Waals surface area contributed by atoms with E-state index in [4.69, 9.17) is 5.73 Å². The van der Waals surface area contributed by atoms with Crippen LogP contribution in [0.4, 0.5) is 0 Å². The van der Waals surface area contributed by atoms with Crippen molar-refractivity contribution in [2.45, 2.75) is 78.2 Å². The van der Waals surface area contributed by atoms with E-state index >= 15 is 0 Å². The largest absolute Gasteiger partial charge is 0.327 e. The molecule has 0 bridgehead atoms. The monoisotopic (exact) mass is 287 g/mol. The van der Waals surface area contributed by atoms with Gasteiger partial charge in [-0.15, -0.1) is 0 Å². The van der Waals surface area contributed by atoms with E-state index in [1.54, 1.807) is 0 Å². The second-order valence-corrected chi connectivity index (χ2v) is 9.25. The average Bonchev–Trinajstić information content (AvgIpc) is 2.70. The predicted molar refractivity (Wildman–Crippen MR) is 88.8 cm³/mol. The van der Waals surface area contributed by atoms with E-state index in [0.29, 0.717) is 16.9 Å². The van der Waals surface area contributed by atoms with Gasteiger partial charge >= 0.3 is 0 Å². The number of allylic oxidation sites excluding steroid dienone is 2. The molecule has 0 radical (unpaired) electrons. The van der Waals surface area contributed by atoms with Crippen LogP contribution in [0.25, 0.3) is 0 Å². The van der Waals surface area contributed by atoms with Gasteiger partial charge in [-0.05, 0) is 79.4 Å². The normalized spacial score (nSPS) is 56.2. The summed E-state index contributed by atoms with van der Waals surface area (Å²) in [6, 6.07) is 0.438. The lowest BCUT2D eigenvalue weighted by molar-refractivity contribution is -0.0299. The van der Waals surface area contributed by atoms with Crippen LogP contribution in [0.5, 0.6) is 0 Å². The number of nitrogens with two attached hydrogens (primary N) is 1. The molecule has 0 aromatic carbocycles. The van der Waals surface area contributed by atoms with E-state index in [2.05, 4.69) is 26.8 Å². The van der Waals surface area contributed by atoms with Gasteiger partial charge < -0.3 is 5.73 Å². The first-order valence-electron chi connectivity index (χ1n) is 9.42. The van der Waals surface area contributed by atoms with E-state index < -0.39 is 0 Å². The average molecular weight is 287 g/mol. The standard InChI is InChI=1S/C20H33N/c1-13-12-17-15-8-7-14-6-4-5-10-19(14,2)16(15)9-11-20(17,3)18(13)21/h7,13,15-18H,4-6,8-12,21H2,1-3H3. The molecule has 4 rings (SSSR count). The van der Waals surface area contributed by atoms with Crippen molar-refractivity contribution in [1.82, 2.24) is 0 Å². The number of fused-ring (bicyclic) bond motifs is 5. The van der Waals surface area contributed by atoms with Gasteiger partial charge in [0.1, 0.15) is 0 Å². The Hall–Kier alpha value is -0.300. The first kappa shape index (κ1) is 14.3. The summed E-state index contributed by atoms with van der Waals surface area (Å²) in [4.78, 5) is 0. The zero-order chi connectivity index (χ0) is 14.8. The minimum Gasteiger partial charge on any atom is -0.327 e. The summed E-state index contributed by atoms with van der Waals surface area (Å²) < 4.78 is 0. The summed E-state index contributed by atoms with van der Waals surface area (Å²) in [5.74, 6) is 3.49. The first-order chi connectivity index (χ1) is 9.97. The molecule has 3 saturated carbocycles. The van der Waals surface area contributed by atoms with E-state index in [0.717, 1.165) is 23.7 Å². The first-order valence-corrected chi connectivity index (χ1v) is 9.42. The highest BCUT2D eigenvalue weighted by atomic mass is 14.8. The van der Waals surface area contributed by atoms with Gasteiger partial charge in [-0.3, -0.25) is 0 Å². The Morgan fingerprint density at radius 3 is 2.76 bits per heavy atom. The molecular weight excluding hydrogens is 254 g/mol. The molecule has 0 aromatic rings. The lowest BCUT2D eigenvalue weighted by atomic mass is 9.48. The molecule has 0 amide bonds. The molecule has 7 unspecified atom stereocenters. The lowest BCUT2D eigenvalue weighted by Crippen LogP contribution is -2.52. The zero-order valence-electron chi connectivity index (χ0n) is 14.2. The Bertz CT molecular complexity index is 466. The van der Waals surface area contributed by atoms with Crippen molar-refractivity contribution in [2.24, 2.45) is 40.2 Å². The minimum absolute atomic E-state index is 0.428. The third-order valence-electron chi connectivity index (χ3n) is 8.46. The highest BCUT2D eigenvalue weighted by Gasteiger charge is 2.59. The van der Waals surface area contributed by atoms with Crippen LogP contribution in [-0.4, -0.2) is 6.04 Å². The van der Waals surface area contributed by atoms with E-state index in [1.807, 2.05) is 5.57 Å². The fourth-order valence-corrected chi connectivity index (χ4v) is 7.10. The molecule has 118 valence electrons. The van der Waals surface area contributed by atoms with Gasteiger partial charge in [-0.1, -0.05) is 38.8 Å². The topological polar surface area (TPSA) is 26.0 Å². The van der Waals surface area contributed by atoms with Crippen LogP contribution in [0.1, 0.15) is 72.1 Å². The van der Waals surface area contributed by atoms with Crippen molar-refractivity contribution in [3.05, 3.63) is 11.6 Å². The highest BCUT2D eigenvalue weighted by molar-refractivity contribution is 5.24. The van der Waals surface area contributed by atoms with Gasteiger partial charge in [0, 0.05) is 6.04 Å². The number of hydrogen-bond acceptors (Lipinski definition) is 1. The molecular formula is C20H33N. The summed E-state index contributed by atoms with van der Waals surface area (Å²) in [5, 5.41) is 0. The predicted octanol–water partition coefficient (Wildman–Crippen LogP) is 4.91. The zero-order valence-corrected chi connectivity index (χ0v) is 14.2. The molecule has 0 spiro atoms. The lowest BCUT2D eigenvalue weighted by Gasteiger charge is -2.57. The van der Waals surface area contributed by atoms with Crippen molar-refractivity contribution in [1.29, 1.82) is 0 Å². The van der Waals surface area contributed by atoms with Crippen LogP contribution in [0.3, 0.4) is 0 Å². The number of rotatable bonds is 0. The van der Waals surface area contributed by atoms with Gasteiger partial charge in [0.15, 0.2) is 0 Å². The molecule has 4 aliphatic carbocycles.